The lowest BCUT2D eigenvalue weighted by atomic mass is 10.1. The highest BCUT2D eigenvalue weighted by atomic mass is 32.2. The molecule has 5 aromatic rings. The molecule has 3 aromatic carbocycles. The number of para-hydroxylation sites is 2. The molecule has 36 heavy (non-hydrogen) atoms. The van der Waals surface area contributed by atoms with Crippen LogP contribution in [0.5, 0.6) is 0 Å². The number of rotatable bonds is 8. The molecule has 0 saturated carbocycles. The molecule has 2 aromatic heterocycles. The molecular weight excluding hydrogens is 474 g/mol. The van der Waals surface area contributed by atoms with Gasteiger partial charge in [-0.3, -0.25) is 14.5 Å². The van der Waals surface area contributed by atoms with Crippen LogP contribution in [0.3, 0.4) is 0 Å². The topological polar surface area (TPSA) is 92.5 Å². The van der Waals surface area contributed by atoms with Crippen molar-refractivity contribution in [2.24, 2.45) is 0 Å². The summed E-state index contributed by atoms with van der Waals surface area (Å²) in [6, 6.07) is 28.3. The van der Waals surface area contributed by atoms with Gasteiger partial charge in [0.1, 0.15) is 10.7 Å². The summed E-state index contributed by atoms with van der Waals surface area (Å²) in [7, 11) is -4.03. The van der Waals surface area contributed by atoms with E-state index in [2.05, 4.69) is 9.71 Å². The van der Waals surface area contributed by atoms with Crippen LogP contribution in [0.25, 0.3) is 10.9 Å². The molecule has 0 spiro atoms. The van der Waals surface area contributed by atoms with Crippen molar-refractivity contribution in [3.8, 4) is 0 Å². The smallest absolute Gasteiger partial charge is 0.264 e. The van der Waals surface area contributed by atoms with E-state index in [1.807, 2.05) is 30.3 Å². The molecule has 0 saturated heterocycles. The first-order chi connectivity index (χ1) is 17.5. The van der Waals surface area contributed by atoms with Crippen LogP contribution in [-0.2, 0) is 23.1 Å². The van der Waals surface area contributed by atoms with Crippen LogP contribution in [0.4, 0.5) is 5.69 Å². The second kappa shape index (κ2) is 10.1. The largest absolute Gasteiger partial charge is 0.467 e. The first kappa shape index (κ1) is 23.3. The first-order valence-corrected chi connectivity index (χ1v) is 12.8. The fourth-order valence-electron chi connectivity index (χ4n) is 4.02. The van der Waals surface area contributed by atoms with Crippen LogP contribution < -0.4 is 4.72 Å². The number of anilines is 1. The minimum absolute atomic E-state index is 0.0413. The second-order valence-electron chi connectivity index (χ2n) is 8.21. The first-order valence-electron chi connectivity index (χ1n) is 11.3. The van der Waals surface area contributed by atoms with Gasteiger partial charge in [-0.1, -0.05) is 60.7 Å². The van der Waals surface area contributed by atoms with E-state index >= 15 is 0 Å². The third-order valence-electron chi connectivity index (χ3n) is 5.72. The molecule has 0 radical (unpaired) electrons. The predicted octanol–water partition coefficient (Wildman–Crippen LogP) is 5.47. The van der Waals surface area contributed by atoms with Gasteiger partial charge in [-0.25, -0.2) is 8.42 Å². The van der Waals surface area contributed by atoms with E-state index < -0.39 is 10.0 Å². The van der Waals surface area contributed by atoms with Gasteiger partial charge in [-0.2, -0.15) is 0 Å². The van der Waals surface area contributed by atoms with Crippen molar-refractivity contribution in [1.82, 2.24) is 9.88 Å². The van der Waals surface area contributed by atoms with E-state index in [4.69, 9.17) is 4.42 Å². The average molecular weight is 498 g/mol. The lowest BCUT2D eigenvalue weighted by Gasteiger charge is -2.23. The molecule has 0 bridgehead atoms. The Morgan fingerprint density at radius 2 is 1.61 bits per heavy atom. The standard InChI is InChI=1S/C28H23N3O4S/c32-28(31(20-23-13-8-18-35-23)19-21-9-2-1-3-10-21)24-14-4-5-15-25(24)30-36(33,34)26-16-6-11-22-12-7-17-29-27(22)26/h1-18,30H,19-20H2. The van der Waals surface area contributed by atoms with Crippen molar-refractivity contribution in [2.75, 3.05) is 4.72 Å². The maximum atomic E-state index is 13.8. The van der Waals surface area contributed by atoms with Crippen LogP contribution >= 0.6 is 0 Å². The van der Waals surface area contributed by atoms with E-state index in [1.54, 1.807) is 78.0 Å². The van der Waals surface area contributed by atoms with Crippen LogP contribution in [0.15, 0.2) is 119 Å². The van der Waals surface area contributed by atoms with Crippen LogP contribution in [0.2, 0.25) is 0 Å². The van der Waals surface area contributed by atoms with Crippen LogP contribution in [0.1, 0.15) is 21.7 Å². The number of fused-ring (bicyclic) bond motifs is 1. The molecule has 0 aliphatic rings. The average Bonchev–Trinajstić information content (AvgIpc) is 3.41. The zero-order valence-corrected chi connectivity index (χ0v) is 20.1. The van der Waals surface area contributed by atoms with Crippen LogP contribution in [-0.4, -0.2) is 24.2 Å². The number of nitrogens with one attached hydrogen (secondary N) is 1. The molecule has 180 valence electrons. The Morgan fingerprint density at radius 3 is 2.42 bits per heavy atom. The predicted molar refractivity (Wildman–Crippen MR) is 138 cm³/mol. The second-order valence-corrected chi connectivity index (χ2v) is 9.86. The SMILES string of the molecule is O=C(c1ccccc1NS(=O)(=O)c1cccc2cccnc12)N(Cc1ccccc1)Cc1ccco1. The Balaban J connectivity index is 1.49. The van der Waals surface area contributed by atoms with Crippen molar-refractivity contribution in [3.63, 3.8) is 0 Å². The Hall–Kier alpha value is -4.43. The molecule has 7 nitrogen and oxygen atoms in total. The number of hydrogen-bond acceptors (Lipinski definition) is 5. The number of carbonyl (C=O) groups is 1. The van der Waals surface area contributed by atoms with Crippen molar-refractivity contribution < 1.29 is 17.6 Å². The van der Waals surface area contributed by atoms with Gasteiger partial charge < -0.3 is 9.32 Å². The summed E-state index contributed by atoms with van der Waals surface area (Å²) < 4.78 is 34.9. The molecule has 1 N–H and O–H groups in total. The fraction of sp³-hybridized carbons (Fsp3) is 0.0714. The fourth-order valence-corrected chi connectivity index (χ4v) is 5.28. The molecule has 1 amide bonds. The van der Waals surface area contributed by atoms with Gasteiger partial charge in [-0.15, -0.1) is 0 Å². The number of sulfonamides is 1. The highest BCUT2D eigenvalue weighted by molar-refractivity contribution is 7.93. The zero-order chi connectivity index (χ0) is 25.0. The highest BCUT2D eigenvalue weighted by Gasteiger charge is 2.24. The Labute approximate surface area is 209 Å². The van der Waals surface area contributed by atoms with E-state index in [0.717, 1.165) is 5.56 Å². The van der Waals surface area contributed by atoms with Gasteiger partial charge in [0.15, 0.2) is 0 Å². The maximum Gasteiger partial charge on any atom is 0.264 e. The number of furan rings is 1. The molecular formula is C28H23N3O4S. The lowest BCUT2D eigenvalue weighted by molar-refractivity contribution is 0.0719. The zero-order valence-electron chi connectivity index (χ0n) is 19.2. The molecule has 8 heteroatoms. The van der Waals surface area contributed by atoms with E-state index in [9.17, 15) is 13.2 Å². The molecule has 2 heterocycles. The van der Waals surface area contributed by atoms with Crippen molar-refractivity contribution in [1.29, 1.82) is 0 Å². The monoisotopic (exact) mass is 497 g/mol. The molecule has 5 rings (SSSR count). The molecule has 0 unspecified atom stereocenters. The van der Waals surface area contributed by atoms with Gasteiger partial charge in [0.2, 0.25) is 0 Å². The van der Waals surface area contributed by atoms with Gasteiger partial charge in [0, 0.05) is 18.1 Å². The summed E-state index contributed by atoms with van der Waals surface area (Å²) in [5, 5.41) is 0.706. The minimum atomic E-state index is -4.03. The number of pyridine rings is 1. The normalized spacial score (nSPS) is 11.3. The van der Waals surface area contributed by atoms with Gasteiger partial charge in [-0.05, 0) is 42.0 Å². The number of nitrogens with zero attached hydrogens (tertiary/aromatic N) is 2. The maximum absolute atomic E-state index is 13.8. The minimum Gasteiger partial charge on any atom is -0.467 e. The molecule has 0 aliphatic heterocycles. The summed E-state index contributed by atoms with van der Waals surface area (Å²) in [6.07, 6.45) is 3.11. The Morgan fingerprint density at radius 1 is 0.833 bits per heavy atom. The number of aromatic nitrogens is 1. The number of hydrogen-bond donors (Lipinski definition) is 1. The quantitative estimate of drug-likeness (QED) is 0.307. The van der Waals surface area contributed by atoms with Crippen molar-refractivity contribution in [2.45, 2.75) is 18.0 Å². The van der Waals surface area contributed by atoms with Crippen molar-refractivity contribution in [3.05, 3.63) is 126 Å². The van der Waals surface area contributed by atoms with Crippen LogP contribution in [0, 0.1) is 0 Å². The summed E-state index contributed by atoms with van der Waals surface area (Å²) in [6.45, 7) is 0.559. The number of carbonyl (C=O) groups excluding carboxylic acids is 1. The molecule has 0 aliphatic carbocycles. The van der Waals surface area contributed by atoms with Gasteiger partial charge >= 0.3 is 0 Å². The van der Waals surface area contributed by atoms with Gasteiger partial charge in [0.25, 0.3) is 15.9 Å². The van der Waals surface area contributed by atoms with Gasteiger partial charge in [0.05, 0.1) is 29.6 Å². The molecule has 0 atom stereocenters. The summed E-state index contributed by atoms with van der Waals surface area (Å²) >= 11 is 0. The van der Waals surface area contributed by atoms with Crippen molar-refractivity contribution >= 4 is 32.5 Å². The van der Waals surface area contributed by atoms with E-state index in [1.165, 1.54) is 6.07 Å². The Bertz CT molecular complexity index is 1600. The van der Waals surface area contributed by atoms with E-state index in [-0.39, 0.29) is 28.6 Å². The third kappa shape index (κ3) is 4.99. The molecule has 0 fully saturated rings. The summed E-state index contributed by atoms with van der Waals surface area (Å²) in [5.41, 5.74) is 1.72. The van der Waals surface area contributed by atoms with E-state index in [0.29, 0.717) is 23.2 Å². The lowest BCUT2D eigenvalue weighted by Crippen LogP contribution is -2.31. The Kier molecular flexibility index (Phi) is 6.51. The number of benzene rings is 3. The number of amides is 1. The summed E-state index contributed by atoms with van der Waals surface area (Å²) in [5.74, 6) is 0.295. The highest BCUT2D eigenvalue weighted by Crippen LogP contribution is 2.26. The third-order valence-corrected chi connectivity index (χ3v) is 7.11. The summed E-state index contributed by atoms with van der Waals surface area (Å²) in [4.78, 5) is 19.7.